The summed E-state index contributed by atoms with van der Waals surface area (Å²) in [6.45, 7) is 1.88. The fourth-order valence-electron chi connectivity index (χ4n) is 1.57. The van der Waals surface area contributed by atoms with Gasteiger partial charge in [0.2, 0.25) is 0 Å². The molecule has 9 heteroatoms. The van der Waals surface area contributed by atoms with Crippen LogP contribution in [0.5, 0.6) is 0 Å². The third-order valence-corrected chi connectivity index (χ3v) is 4.19. The maximum Gasteiger partial charge on any atom is 0.266 e. The molecule has 2 aromatic rings. The highest BCUT2D eigenvalue weighted by Gasteiger charge is 2.23. The van der Waals surface area contributed by atoms with Gasteiger partial charge in [-0.25, -0.2) is 12.8 Å². The van der Waals surface area contributed by atoms with Gasteiger partial charge < -0.3 is 5.73 Å². The lowest BCUT2D eigenvalue weighted by Gasteiger charge is -2.08. The number of hydrogen-bond donors (Lipinski definition) is 3. The number of sulfonamides is 1. The molecule has 4 N–H and O–H groups in total. The van der Waals surface area contributed by atoms with Crippen LogP contribution in [0.1, 0.15) is 12.6 Å². The zero-order chi connectivity index (χ0) is 14.9. The Labute approximate surface area is 120 Å². The first-order valence-electron chi connectivity index (χ1n) is 5.65. The van der Waals surface area contributed by atoms with Gasteiger partial charge in [0, 0.05) is 17.4 Å². The molecule has 0 aliphatic rings. The average Bonchev–Trinajstić information content (AvgIpc) is 2.80. The van der Waals surface area contributed by atoms with E-state index >= 15 is 0 Å². The number of hydrogen-bond acceptors (Lipinski definition) is 4. The number of nitrogens with one attached hydrogen (secondary N) is 2. The van der Waals surface area contributed by atoms with Crippen LogP contribution in [-0.2, 0) is 16.4 Å². The normalized spacial score (nSPS) is 11.6. The minimum Gasteiger partial charge on any atom is -0.399 e. The number of aromatic amines is 1. The summed E-state index contributed by atoms with van der Waals surface area (Å²) < 4.78 is 40.2. The highest BCUT2D eigenvalue weighted by atomic mass is 35.5. The van der Waals surface area contributed by atoms with Crippen molar-refractivity contribution in [2.75, 3.05) is 10.5 Å². The zero-order valence-electron chi connectivity index (χ0n) is 10.4. The Kier molecular flexibility index (Phi) is 3.87. The fraction of sp³-hybridized carbons (Fsp3) is 0.182. The number of aryl methyl sites for hydroxylation is 1. The summed E-state index contributed by atoms with van der Waals surface area (Å²) in [5.74, 6) is -0.987. The first-order chi connectivity index (χ1) is 9.33. The Hall–Kier alpha value is -1.80. The van der Waals surface area contributed by atoms with E-state index in [1.165, 1.54) is 6.07 Å². The van der Waals surface area contributed by atoms with E-state index in [2.05, 4.69) is 14.9 Å². The molecule has 0 radical (unpaired) electrons. The van der Waals surface area contributed by atoms with Crippen molar-refractivity contribution in [1.29, 1.82) is 0 Å². The van der Waals surface area contributed by atoms with Crippen molar-refractivity contribution in [1.82, 2.24) is 10.2 Å². The van der Waals surface area contributed by atoms with Crippen molar-refractivity contribution in [3.8, 4) is 0 Å². The first-order valence-corrected chi connectivity index (χ1v) is 7.51. The molecule has 1 aromatic carbocycles. The molecular formula is C11H12ClFN4O2S. The predicted molar refractivity (Wildman–Crippen MR) is 74.6 cm³/mol. The van der Waals surface area contributed by atoms with E-state index in [1.807, 2.05) is 6.92 Å². The second-order valence-electron chi connectivity index (χ2n) is 4.05. The lowest BCUT2D eigenvalue weighted by molar-refractivity contribution is 0.570. The van der Waals surface area contributed by atoms with Crippen LogP contribution in [0.15, 0.2) is 23.1 Å². The Morgan fingerprint density at radius 1 is 1.45 bits per heavy atom. The van der Waals surface area contributed by atoms with Gasteiger partial charge in [0.1, 0.15) is 4.90 Å². The largest absolute Gasteiger partial charge is 0.399 e. The number of halogens is 2. The SMILES string of the molecule is CCc1cc(NS(=O)(=O)c2cc(N)cc(Cl)c2F)n[nH]1. The van der Waals surface area contributed by atoms with Gasteiger partial charge in [0.25, 0.3) is 10.0 Å². The minimum absolute atomic E-state index is 0.0491. The van der Waals surface area contributed by atoms with Crippen LogP contribution >= 0.6 is 11.6 Å². The standard InChI is InChI=1S/C11H12ClFN4O2S/c1-2-7-5-10(16-15-7)17-20(18,19)9-4-6(14)3-8(12)11(9)13/h3-5H,2,14H2,1H3,(H2,15,16,17). The van der Waals surface area contributed by atoms with Crippen LogP contribution in [0.4, 0.5) is 15.9 Å². The molecule has 0 amide bonds. The molecule has 0 aliphatic carbocycles. The lowest BCUT2D eigenvalue weighted by Crippen LogP contribution is -2.15. The number of nitrogens with two attached hydrogens (primary N) is 1. The highest BCUT2D eigenvalue weighted by molar-refractivity contribution is 7.92. The van der Waals surface area contributed by atoms with Gasteiger partial charge in [0.05, 0.1) is 5.02 Å². The second-order valence-corrected chi connectivity index (χ2v) is 6.11. The van der Waals surface area contributed by atoms with Gasteiger partial charge in [-0.15, -0.1) is 0 Å². The van der Waals surface area contributed by atoms with Gasteiger partial charge in [-0.2, -0.15) is 5.10 Å². The molecule has 6 nitrogen and oxygen atoms in total. The second kappa shape index (κ2) is 5.29. The molecule has 0 atom stereocenters. The lowest BCUT2D eigenvalue weighted by atomic mass is 10.3. The monoisotopic (exact) mass is 318 g/mol. The number of H-pyrrole nitrogens is 1. The van der Waals surface area contributed by atoms with E-state index in [9.17, 15) is 12.8 Å². The van der Waals surface area contributed by atoms with Gasteiger partial charge in [0.15, 0.2) is 11.6 Å². The quantitative estimate of drug-likeness (QED) is 0.752. The number of nitrogen functional groups attached to an aromatic ring is 1. The molecule has 2 rings (SSSR count). The summed E-state index contributed by atoms with van der Waals surface area (Å²) in [4.78, 5) is -0.622. The molecule has 0 spiro atoms. The summed E-state index contributed by atoms with van der Waals surface area (Å²) in [6.07, 6.45) is 0.660. The maximum absolute atomic E-state index is 13.8. The van der Waals surface area contributed by atoms with Crippen LogP contribution in [0, 0.1) is 5.82 Å². The van der Waals surface area contributed by atoms with Gasteiger partial charge in [-0.3, -0.25) is 9.82 Å². The number of aromatic nitrogens is 2. The average molecular weight is 319 g/mol. The molecule has 108 valence electrons. The van der Waals surface area contributed by atoms with E-state index in [-0.39, 0.29) is 16.5 Å². The van der Waals surface area contributed by atoms with E-state index in [0.29, 0.717) is 6.42 Å². The smallest absolute Gasteiger partial charge is 0.266 e. The topological polar surface area (TPSA) is 101 Å². The molecule has 20 heavy (non-hydrogen) atoms. The highest BCUT2D eigenvalue weighted by Crippen LogP contribution is 2.27. The van der Waals surface area contributed by atoms with Crippen molar-refractivity contribution < 1.29 is 12.8 Å². The van der Waals surface area contributed by atoms with E-state index in [4.69, 9.17) is 17.3 Å². The Bertz CT molecular complexity index is 745. The van der Waals surface area contributed by atoms with Crippen molar-refractivity contribution in [3.05, 3.63) is 34.7 Å². The van der Waals surface area contributed by atoms with Gasteiger partial charge >= 0.3 is 0 Å². The van der Waals surface area contributed by atoms with Crippen molar-refractivity contribution in [2.45, 2.75) is 18.2 Å². The van der Waals surface area contributed by atoms with Crippen molar-refractivity contribution >= 4 is 33.1 Å². The van der Waals surface area contributed by atoms with Crippen LogP contribution < -0.4 is 10.5 Å². The molecule has 1 aromatic heterocycles. The van der Waals surface area contributed by atoms with Gasteiger partial charge in [-0.05, 0) is 18.6 Å². The van der Waals surface area contributed by atoms with Crippen LogP contribution in [0.3, 0.4) is 0 Å². The molecule has 0 aliphatic heterocycles. The Morgan fingerprint density at radius 2 is 2.15 bits per heavy atom. The third kappa shape index (κ3) is 2.86. The van der Waals surface area contributed by atoms with E-state index < -0.39 is 20.7 Å². The summed E-state index contributed by atoms with van der Waals surface area (Å²) in [5.41, 5.74) is 6.27. The van der Waals surface area contributed by atoms with Crippen LogP contribution in [0.2, 0.25) is 5.02 Å². The summed E-state index contributed by atoms with van der Waals surface area (Å²) in [6, 6.07) is 3.65. The predicted octanol–water partition coefficient (Wildman–Crippen LogP) is 2.15. The zero-order valence-corrected chi connectivity index (χ0v) is 12.0. The summed E-state index contributed by atoms with van der Waals surface area (Å²) in [5, 5.41) is 6.06. The maximum atomic E-state index is 13.8. The van der Waals surface area contributed by atoms with Crippen molar-refractivity contribution in [3.63, 3.8) is 0 Å². The summed E-state index contributed by atoms with van der Waals surface area (Å²) >= 11 is 5.59. The first kappa shape index (κ1) is 14.6. The third-order valence-electron chi connectivity index (χ3n) is 2.56. The van der Waals surface area contributed by atoms with Crippen molar-refractivity contribution in [2.24, 2.45) is 0 Å². The molecule has 0 saturated heterocycles. The molecule has 0 bridgehead atoms. The number of rotatable bonds is 4. The van der Waals surface area contributed by atoms with Crippen LogP contribution in [-0.4, -0.2) is 18.6 Å². The van der Waals surface area contributed by atoms with E-state index in [1.54, 1.807) is 0 Å². The molecule has 0 saturated carbocycles. The molecule has 0 fully saturated rings. The summed E-state index contributed by atoms with van der Waals surface area (Å²) in [7, 11) is -4.16. The van der Waals surface area contributed by atoms with E-state index in [0.717, 1.165) is 17.8 Å². The molecule has 1 heterocycles. The van der Waals surface area contributed by atoms with Gasteiger partial charge in [-0.1, -0.05) is 18.5 Å². The minimum atomic E-state index is -4.16. The fourth-order valence-corrected chi connectivity index (χ4v) is 2.98. The molecule has 0 unspecified atom stereocenters. The molecular weight excluding hydrogens is 307 g/mol. The Morgan fingerprint density at radius 3 is 2.75 bits per heavy atom. The number of nitrogens with zero attached hydrogens (tertiary/aromatic N) is 1. The van der Waals surface area contributed by atoms with Crippen LogP contribution in [0.25, 0.3) is 0 Å². The number of anilines is 2. The Balaban J connectivity index is 2.40. The number of benzene rings is 1.